The van der Waals surface area contributed by atoms with Gasteiger partial charge in [-0.2, -0.15) is 0 Å². The number of nitrogens with zero attached hydrogens (tertiary/aromatic N) is 2. The molecule has 2 aromatic carbocycles. The molecule has 3 aromatic rings. The number of benzene rings is 2. The van der Waals surface area contributed by atoms with Gasteiger partial charge in [0.2, 0.25) is 0 Å². The highest BCUT2D eigenvalue weighted by molar-refractivity contribution is 7.98. The minimum absolute atomic E-state index is 0.161. The van der Waals surface area contributed by atoms with E-state index in [0.29, 0.717) is 12.5 Å². The number of rotatable bonds is 7. The van der Waals surface area contributed by atoms with E-state index in [4.69, 9.17) is 0 Å². The molecular formula is C25H30N3OS+. The van der Waals surface area contributed by atoms with E-state index in [0.717, 1.165) is 16.6 Å². The van der Waals surface area contributed by atoms with Crippen molar-refractivity contribution in [3.05, 3.63) is 77.6 Å². The molecule has 0 bridgehead atoms. The number of hydrogen-bond acceptors (Lipinski definition) is 3. The average Bonchev–Trinajstić information content (AvgIpc) is 3.47. The number of aromatic nitrogens is 2. The largest absolute Gasteiger partial charge is 0.340 e. The Labute approximate surface area is 183 Å². The van der Waals surface area contributed by atoms with Gasteiger partial charge in [0.25, 0.3) is 0 Å². The molecule has 1 atom stereocenters. The number of quaternary nitrogens is 1. The van der Waals surface area contributed by atoms with Crippen LogP contribution in [0, 0.1) is 0 Å². The monoisotopic (exact) mass is 420 g/mol. The maximum Gasteiger partial charge on any atom is 0.315 e. The number of carbonyl (C=O) groups excluding carboxylic acids is 1. The van der Waals surface area contributed by atoms with Gasteiger partial charge in [0.15, 0.2) is 5.16 Å². The first-order chi connectivity index (χ1) is 14.6. The van der Waals surface area contributed by atoms with Crippen molar-refractivity contribution in [3.8, 4) is 0 Å². The lowest BCUT2D eigenvalue weighted by molar-refractivity contribution is -0.127. The fraction of sp³-hybridized carbons (Fsp3) is 0.360. The molecular weight excluding hydrogens is 390 g/mol. The summed E-state index contributed by atoms with van der Waals surface area (Å²) >= 11 is 1.68. The third kappa shape index (κ3) is 4.52. The number of hydrogen-bond donors (Lipinski definition) is 1. The number of imidazole rings is 1. The third-order valence-electron chi connectivity index (χ3n) is 6.39. The molecule has 1 unspecified atom stereocenters. The van der Waals surface area contributed by atoms with Crippen LogP contribution in [0.15, 0.2) is 66.1 Å². The molecule has 1 N–H and O–H groups in total. The van der Waals surface area contributed by atoms with Gasteiger partial charge in [-0.25, -0.2) is 14.3 Å². The molecule has 30 heavy (non-hydrogen) atoms. The SMILES string of the molecule is CC(=O)[N+](C)(Cc1ccccc1C1CCCC1)c1ccc(CSc2ncc[nH]2)cc1. The van der Waals surface area contributed by atoms with Crippen molar-refractivity contribution in [1.82, 2.24) is 14.5 Å². The Kier molecular flexibility index (Phi) is 6.40. The fourth-order valence-corrected chi connectivity index (χ4v) is 5.22. The van der Waals surface area contributed by atoms with Gasteiger partial charge < -0.3 is 4.98 Å². The van der Waals surface area contributed by atoms with Crippen LogP contribution in [-0.4, -0.2) is 22.9 Å². The Morgan fingerprint density at radius 2 is 1.87 bits per heavy atom. The van der Waals surface area contributed by atoms with Crippen molar-refractivity contribution in [1.29, 1.82) is 0 Å². The highest BCUT2D eigenvalue weighted by Crippen LogP contribution is 2.37. The second kappa shape index (κ2) is 9.19. The van der Waals surface area contributed by atoms with E-state index >= 15 is 0 Å². The molecule has 4 nitrogen and oxygen atoms in total. The van der Waals surface area contributed by atoms with E-state index < -0.39 is 0 Å². The lowest BCUT2D eigenvalue weighted by atomic mass is 9.92. The van der Waals surface area contributed by atoms with Gasteiger partial charge >= 0.3 is 5.91 Å². The van der Waals surface area contributed by atoms with Crippen molar-refractivity contribution < 1.29 is 4.79 Å². The van der Waals surface area contributed by atoms with Gasteiger partial charge in [-0.3, -0.25) is 0 Å². The molecule has 156 valence electrons. The van der Waals surface area contributed by atoms with Crippen LogP contribution in [0.3, 0.4) is 0 Å². The van der Waals surface area contributed by atoms with E-state index in [1.165, 1.54) is 42.4 Å². The van der Waals surface area contributed by atoms with Crippen molar-refractivity contribution in [2.75, 3.05) is 7.05 Å². The van der Waals surface area contributed by atoms with Crippen LogP contribution in [-0.2, 0) is 17.1 Å². The predicted molar refractivity (Wildman–Crippen MR) is 124 cm³/mol. The standard InChI is InChI=1S/C25H30N3OS/c1-19(29)28(2,17-22-9-5-6-10-24(22)21-7-3-4-8-21)23-13-11-20(12-14-23)18-30-25-26-15-16-27-25/h5-6,9-16,21H,3-4,7-8,17-18H2,1-2H3,(H,26,27)/q+1. The van der Waals surface area contributed by atoms with Gasteiger partial charge in [-0.15, -0.1) is 0 Å². The van der Waals surface area contributed by atoms with Crippen LogP contribution in [0.25, 0.3) is 0 Å². The lowest BCUT2D eigenvalue weighted by Gasteiger charge is -2.31. The van der Waals surface area contributed by atoms with E-state index in [2.05, 4.69) is 58.5 Å². The molecule has 1 saturated carbocycles. The van der Waals surface area contributed by atoms with E-state index in [-0.39, 0.29) is 10.4 Å². The number of carbonyl (C=O) groups is 1. The lowest BCUT2D eigenvalue weighted by Crippen LogP contribution is -2.48. The molecule has 0 radical (unpaired) electrons. The predicted octanol–water partition coefficient (Wildman–Crippen LogP) is 6.04. The molecule has 0 spiro atoms. The van der Waals surface area contributed by atoms with Crippen LogP contribution < -0.4 is 4.48 Å². The first-order valence-corrected chi connectivity index (χ1v) is 11.7. The van der Waals surface area contributed by atoms with Crippen LogP contribution in [0.4, 0.5) is 5.69 Å². The van der Waals surface area contributed by atoms with Gasteiger partial charge in [-0.05, 0) is 42.0 Å². The molecule has 1 aliphatic rings. The van der Waals surface area contributed by atoms with Gasteiger partial charge in [-0.1, -0.05) is 61.0 Å². The highest BCUT2D eigenvalue weighted by Gasteiger charge is 2.33. The summed E-state index contributed by atoms with van der Waals surface area (Å²) in [5.74, 6) is 1.65. The third-order valence-corrected chi connectivity index (χ3v) is 7.36. The van der Waals surface area contributed by atoms with Crippen molar-refractivity contribution in [2.45, 2.75) is 56.0 Å². The smallest absolute Gasteiger partial charge is 0.315 e. The Morgan fingerprint density at radius 1 is 1.13 bits per heavy atom. The number of aromatic amines is 1. The van der Waals surface area contributed by atoms with Crippen LogP contribution >= 0.6 is 11.8 Å². The zero-order valence-corrected chi connectivity index (χ0v) is 18.6. The summed E-state index contributed by atoms with van der Waals surface area (Å²) in [6.45, 7) is 2.40. The van der Waals surface area contributed by atoms with E-state index in [9.17, 15) is 4.79 Å². The molecule has 1 fully saturated rings. The van der Waals surface area contributed by atoms with Crippen molar-refractivity contribution in [2.24, 2.45) is 0 Å². The maximum absolute atomic E-state index is 12.8. The summed E-state index contributed by atoms with van der Waals surface area (Å²) in [5, 5.41) is 0.923. The highest BCUT2D eigenvalue weighted by atomic mass is 32.2. The summed E-state index contributed by atoms with van der Waals surface area (Å²) in [4.78, 5) is 20.2. The van der Waals surface area contributed by atoms with E-state index in [1.54, 1.807) is 24.9 Å². The minimum atomic E-state index is 0.161. The van der Waals surface area contributed by atoms with Gasteiger partial charge in [0, 0.05) is 23.7 Å². The Bertz CT molecular complexity index is 978. The number of nitrogens with one attached hydrogen (secondary N) is 1. The normalized spacial score (nSPS) is 16.5. The fourth-order valence-electron chi connectivity index (χ4n) is 4.44. The summed E-state index contributed by atoms with van der Waals surface area (Å²) in [6.07, 6.45) is 8.77. The molecule has 0 saturated heterocycles. The Hall–Kier alpha value is -2.37. The van der Waals surface area contributed by atoms with E-state index in [1.807, 2.05) is 13.2 Å². The summed E-state index contributed by atoms with van der Waals surface area (Å²) < 4.78 is 0.287. The molecule has 5 heteroatoms. The van der Waals surface area contributed by atoms with Crippen molar-refractivity contribution in [3.63, 3.8) is 0 Å². The topological polar surface area (TPSA) is 45.8 Å². The van der Waals surface area contributed by atoms with Crippen LogP contribution in [0.2, 0.25) is 0 Å². The molecule has 1 heterocycles. The first kappa shape index (κ1) is 20.9. The Morgan fingerprint density at radius 3 is 2.53 bits per heavy atom. The molecule has 1 aromatic heterocycles. The summed E-state index contributed by atoms with van der Waals surface area (Å²) in [5.41, 5.74) is 5.00. The maximum atomic E-state index is 12.8. The second-order valence-electron chi connectivity index (χ2n) is 8.40. The summed E-state index contributed by atoms with van der Waals surface area (Å²) in [6, 6.07) is 17.2. The number of thioether (sulfide) groups is 1. The van der Waals surface area contributed by atoms with Crippen LogP contribution in [0.1, 0.15) is 55.2 Å². The first-order valence-electron chi connectivity index (χ1n) is 10.7. The molecule has 1 aliphatic carbocycles. The summed E-state index contributed by atoms with van der Waals surface area (Å²) in [7, 11) is 2.04. The van der Waals surface area contributed by atoms with Crippen molar-refractivity contribution >= 4 is 23.4 Å². The minimum Gasteiger partial charge on any atom is -0.340 e. The zero-order chi connectivity index (χ0) is 21.0. The average molecular weight is 421 g/mol. The molecule has 4 rings (SSSR count). The van der Waals surface area contributed by atoms with Gasteiger partial charge in [0.1, 0.15) is 12.2 Å². The Balaban J connectivity index is 1.55. The van der Waals surface area contributed by atoms with Crippen LogP contribution in [0.5, 0.6) is 0 Å². The van der Waals surface area contributed by atoms with Gasteiger partial charge in [0.05, 0.1) is 14.0 Å². The quantitative estimate of drug-likeness (QED) is 0.374. The molecule has 1 amide bonds. The number of H-pyrrole nitrogens is 1. The molecule has 0 aliphatic heterocycles. The number of amides is 1. The zero-order valence-electron chi connectivity index (χ0n) is 17.8. The second-order valence-corrected chi connectivity index (χ2v) is 9.36.